The van der Waals surface area contributed by atoms with Crippen molar-refractivity contribution in [3.05, 3.63) is 46.7 Å². The summed E-state index contributed by atoms with van der Waals surface area (Å²) >= 11 is 5.63. The molecule has 0 aliphatic carbocycles. The van der Waals surface area contributed by atoms with E-state index < -0.39 is 17.6 Å². The highest BCUT2D eigenvalue weighted by molar-refractivity contribution is 6.31. The zero-order valence-electron chi connectivity index (χ0n) is 10.2. The van der Waals surface area contributed by atoms with Crippen LogP contribution in [0.25, 0.3) is 11.3 Å². The number of aromatic nitrogens is 1. The van der Waals surface area contributed by atoms with Crippen molar-refractivity contribution in [3.8, 4) is 11.3 Å². The number of hydrogen-bond acceptors (Lipinski definition) is 2. The topological polar surface area (TPSA) is 24.9 Å². The summed E-state index contributed by atoms with van der Waals surface area (Å²) < 4.78 is 51.5. The number of anilines is 1. The molecule has 0 aliphatic rings. The monoisotopic (exact) mass is 304 g/mol. The number of hydrogen-bond donors (Lipinski definition) is 1. The van der Waals surface area contributed by atoms with Crippen LogP contribution < -0.4 is 5.32 Å². The van der Waals surface area contributed by atoms with E-state index in [4.69, 9.17) is 11.6 Å². The summed E-state index contributed by atoms with van der Waals surface area (Å²) in [4.78, 5) is 4.01. The van der Waals surface area contributed by atoms with Crippen molar-refractivity contribution in [2.24, 2.45) is 0 Å². The molecule has 1 heterocycles. The molecular formula is C13H9ClF4N2. The van der Waals surface area contributed by atoms with Crippen molar-refractivity contribution in [1.82, 2.24) is 4.98 Å². The summed E-state index contributed by atoms with van der Waals surface area (Å²) in [6, 6.07) is 5.43. The fourth-order valence-electron chi connectivity index (χ4n) is 1.63. The summed E-state index contributed by atoms with van der Waals surface area (Å²) in [5.74, 6) is -0.577. The third kappa shape index (κ3) is 3.01. The second-order valence-corrected chi connectivity index (χ2v) is 4.41. The minimum absolute atomic E-state index is 0.0612. The van der Waals surface area contributed by atoms with Crippen molar-refractivity contribution in [2.75, 3.05) is 12.4 Å². The number of alkyl halides is 3. The van der Waals surface area contributed by atoms with Gasteiger partial charge in [0.05, 0.1) is 16.3 Å². The van der Waals surface area contributed by atoms with E-state index in [-0.39, 0.29) is 16.5 Å². The first-order chi connectivity index (χ1) is 9.31. The van der Waals surface area contributed by atoms with E-state index in [1.807, 2.05) is 0 Å². The maximum Gasteiger partial charge on any atom is 0.416 e. The van der Waals surface area contributed by atoms with Crippen molar-refractivity contribution in [3.63, 3.8) is 0 Å². The summed E-state index contributed by atoms with van der Waals surface area (Å²) in [6.45, 7) is 0. The van der Waals surface area contributed by atoms with Crippen LogP contribution in [0.3, 0.4) is 0 Å². The van der Waals surface area contributed by atoms with Crippen LogP contribution in [0.2, 0.25) is 5.02 Å². The molecule has 1 aromatic heterocycles. The van der Waals surface area contributed by atoms with Crippen LogP contribution in [0.15, 0.2) is 30.3 Å². The zero-order valence-corrected chi connectivity index (χ0v) is 11.0. The maximum atomic E-state index is 13.1. The van der Waals surface area contributed by atoms with Crippen LogP contribution in [0, 0.1) is 5.82 Å². The second-order valence-electron chi connectivity index (χ2n) is 4.00. The smallest absolute Gasteiger partial charge is 0.373 e. The van der Waals surface area contributed by atoms with Crippen molar-refractivity contribution < 1.29 is 17.6 Å². The summed E-state index contributed by atoms with van der Waals surface area (Å²) in [6.07, 6.45) is -4.49. The number of halogens is 5. The lowest BCUT2D eigenvalue weighted by Crippen LogP contribution is -2.07. The SMILES string of the molecule is CNc1cc(C(F)(F)F)cc(-c2ccc(F)c(Cl)c2)n1. The van der Waals surface area contributed by atoms with E-state index in [1.54, 1.807) is 0 Å². The third-order valence-corrected chi connectivity index (χ3v) is 2.91. The van der Waals surface area contributed by atoms with Gasteiger partial charge < -0.3 is 5.32 Å². The molecule has 0 bridgehead atoms. The first-order valence-corrected chi connectivity index (χ1v) is 5.91. The van der Waals surface area contributed by atoms with Gasteiger partial charge in [0.15, 0.2) is 0 Å². The Kier molecular flexibility index (Phi) is 3.85. The molecule has 2 rings (SSSR count). The maximum absolute atomic E-state index is 13.1. The van der Waals surface area contributed by atoms with Crippen LogP contribution in [0.4, 0.5) is 23.4 Å². The molecule has 7 heteroatoms. The van der Waals surface area contributed by atoms with Crippen LogP contribution in [0.5, 0.6) is 0 Å². The highest BCUT2D eigenvalue weighted by Gasteiger charge is 2.31. The Morgan fingerprint density at radius 1 is 1.15 bits per heavy atom. The molecule has 20 heavy (non-hydrogen) atoms. The van der Waals surface area contributed by atoms with Gasteiger partial charge in [0.1, 0.15) is 11.6 Å². The molecule has 0 radical (unpaired) electrons. The van der Waals surface area contributed by atoms with Gasteiger partial charge in [-0.15, -0.1) is 0 Å². The minimum atomic E-state index is -4.49. The zero-order chi connectivity index (χ0) is 14.9. The molecule has 0 amide bonds. The number of nitrogens with one attached hydrogen (secondary N) is 1. The van der Waals surface area contributed by atoms with Crippen LogP contribution in [0.1, 0.15) is 5.56 Å². The molecule has 0 saturated carbocycles. The predicted octanol–water partition coefficient (Wildman–Crippen LogP) is 4.60. The number of pyridine rings is 1. The Labute approximate surface area is 117 Å². The third-order valence-electron chi connectivity index (χ3n) is 2.62. The van der Waals surface area contributed by atoms with Gasteiger partial charge >= 0.3 is 6.18 Å². The van der Waals surface area contributed by atoms with Gasteiger partial charge in [0.2, 0.25) is 0 Å². The van der Waals surface area contributed by atoms with E-state index in [0.29, 0.717) is 5.56 Å². The largest absolute Gasteiger partial charge is 0.416 e. The Bertz CT molecular complexity index is 641. The summed E-state index contributed by atoms with van der Waals surface area (Å²) in [5.41, 5.74) is -0.475. The highest BCUT2D eigenvalue weighted by atomic mass is 35.5. The molecule has 2 nitrogen and oxygen atoms in total. The molecule has 1 aromatic carbocycles. The van der Waals surface area contributed by atoms with E-state index in [2.05, 4.69) is 10.3 Å². The predicted molar refractivity (Wildman–Crippen MR) is 69.2 cm³/mol. The molecule has 0 atom stereocenters. The standard InChI is InChI=1S/C13H9ClF4N2/c1-19-12-6-8(13(16,17)18)5-11(20-12)7-2-3-10(15)9(14)4-7/h2-6H,1H3,(H,19,20). The van der Waals surface area contributed by atoms with Crippen molar-refractivity contribution >= 4 is 17.4 Å². The fourth-order valence-corrected chi connectivity index (χ4v) is 1.81. The molecule has 0 fully saturated rings. The Hall–Kier alpha value is -1.82. The van der Waals surface area contributed by atoms with E-state index >= 15 is 0 Å². The Morgan fingerprint density at radius 2 is 1.85 bits per heavy atom. The van der Waals surface area contributed by atoms with Gasteiger partial charge in [-0.25, -0.2) is 9.37 Å². The van der Waals surface area contributed by atoms with E-state index in [9.17, 15) is 17.6 Å². The second kappa shape index (κ2) is 5.28. The molecular weight excluding hydrogens is 296 g/mol. The van der Waals surface area contributed by atoms with Crippen molar-refractivity contribution in [2.45, 2.75) is 6.18 Å². The van der Waals surface area contributed by atoms with Gasteiger partial charge in [-0.1, -0.05) is 11.6 Å². The van der Waals surface area contributed by atoms with Crippen LogP contribution in [-0.2, 0) is 6.18 Å². The number of benzene rings is 1. The van der Waals surface area contributed by atoms with E-state index in [1.165, 1.54) is 19.2 Å². The average Bonchev–Trinajstić information content (AvgIpc) is 2.40. The lowest BCUT2D eigenvalue weighted by atomic mass is 10.1. The molecule has 0 spiro atoms. The first-order valence-electron chi connectivity index (χ1n) is 5.53. The average molecular weight is 305 g/mol. The van der Waals surface area contributed by atoms with Crippen LogP contribution >= 0.6 is 11.6 Å². The van der Waals surface area contributed by atoms with Gasteiger partial charge in [-0.2, -0.15) is 13.2 Å². The Morgan fingerprint density at radius 3 is 2.40 bits per heavy atom. The molecule has 106 valence electrons. The van der Waals surface area contributed by atoms with Gasteiger partial charge in [-0.3, -0.25) is 0 Å². The fraction of sp³-hybridized carbons (Fsp3) is 0.154. The molecule has 1 N–H and O–H groups in total. The van der Waals surface area contributed by atoms with Gasteiger partial charge in [-0.05, 0) is 30.3 Å². The lowest BCUT2D eigenvalue weighted by Gasteiger charge is -2.11. The number of nitrogens with zero attached hydrogens (tertiary/aromatic N) is 1. The Balaban J connectivity index is 2.58. The number of rotatable bonds is 2. The van der Waals surface area contributed by atoms with Crippen LogP contribution in [-0.4, -0.2) is 12.0 Å². The van der Waals surface area contributed by atoms with Gasteiger partial charge in [0.25, 0.3) is 0 Å². The summed E-state index contributed by atoms with van der Waals surface area (Å²) in [7, 11) is 1.46. The minimum Gasteiger partial charge on any atom is -0.373 e. The van der Waals surface area contributed by atoms with E-state index in [0.717, 1.165) is 18.2 Å². The summed E-state index contributed by atoms with van der Waals surface area (Å²) in [5, 5.41) is 2.38. The first kappa shape index (κ1) is 14.6. The molecule has 0 saturated heterocycles. The molecule has 0 aliphatic heterocycles. The molecule has 2 aromatic rings. The normalized spacial score (nSPS) is 11.5. The highest BCUT2D eigenvalue weighted by Crippen LogP contribution is 2.34. The lowest BCUT2D eigenvalue weighted by molar-refractivity contribution is -0.137. The molecule has 0 unspecified atom stereocenters. The van der Waals surface area contributed by atoms with Crippen molar-refractivity contribution in [1.29, 1.82) is 0 Å². The van der Waals surface area contributed by atoms with Gasteiger partial charge in [0, 0.05) is 12.6 Å². The quantitative estimate of drug-likeness (QED) is 0.820.